The molecule has 0 saturated heterocycles. The molecule has 2 aromatic carbocycles. The quantitative estimate of drug-likeness (QED) is 0.567. The van der Waals surface area contributed by atoms with Crippen molar-refractivity contribution in [2.45, 2.75) is 13.0 Å². The minimum absolute atomic E-state index is 0.0776. The number of halogens is 1. The molecular weight excluding hydrogens is 428 g/mol. The molecule has 2 amide bonds. The van der Waals surface area contributed by atoms with Crippen molar-refractivity contribution < 1.29 is 24.2 Å². The molecule has 0 radical (unpaired) electrons. The molecule has 3 N–H and O–H groups in total. The van der Waals surface area contributed by atoms with Crippen LogP contribution in [0.5, 0.6) is 5.75 Å². The highest BCUT2D eigenvalue weighted by atomic mass is 79.9. The molecule has 1 atom stereocenters. The van der Waals surface area contributed by atoms with Gasteiger partial charge in [0.25, 0.3) is 11.8 Å². The first-order valence-corrected chi connectivity index (χ1v) is 9.06. The van der Waals surface area contributed by atoms with Crippen LogP contribution in [-0.4, -0.2) is 36.0 Å². The van der Waals surface area contributed by atoms with Gasteiger partial charge in [-0.3, -0.25) is 14.4 Å². The number of hydrogen-bond acceptors (Lipinski definition) is 4. The highest BCUT2D eigenvalue weighted by molar-refractivity contribution is 9.10. The normalized spacial score (nSPS) is 12.0. The van der Waals surface area contributed by atoms with Crippen molar-refractivity contribution in [2.24, 2.45) is 0 Å². The number of rotatable bonds is 7. The highest BCUT2D eigenvalue weighted by Gasteiger charge is 2.19. The first-order chi connectivity index (χ1) is 13.3. The van der Waals surface area contributed by atoms with Crippen LogP contribution < -0.4 is 15.4 Å². The number of benzene rings is 2. The predicted octanol–water partition coefficient (Wildman–Crippen LogP) is 2.82. The SMILES string of the molecule is COc1ccc(/C=C(\NC(=O)c2ccc(Br)cc2)C(=O)N[C@H](C)C(=O)O)cc1. The molecule has 0 aliphatic carbocycles. The van der Waals surface area contributed by atoms with E-state index in [9.17, 15) is 14.4 Å². The summed E-state index contributed by atoms with van der Waals surface area (Å²) in [6.45, 7) is 1.34. The van der Waals surface area contributed by atoms with E-state index in [-0.39, 0.29) is 5.70 Å². The fourth-order valence-electron chi connectivity index (χ4n) is 2.16. The molecule has 0 bridgehead atoms. The van der Waals surface area contributed by atoms with Crippen molar-refractivity contribution in [3.63, 3.8) is 0 Å². The summed E-state index contributed by atoms with van der Waals surface area (Å²) >= 11 is 3.29. The Morgan fingerprint density at radius 2 is 1.68 bits per heavy atom. The van der Waals surface area contributed by atoms with Gasteiger partial charge in [0.05, 0.1) is 7.11 Å². The van der Waals surface area contributed by atoms with Crippen LogP contribution in [0.1, 0.15) is 22.8 Å². The zero-order valence-electron chi connectivity index (χ0n) is 15.2. The fraction of sp³-hybridized carbons (Fsp3) is 0.150. The maximum Gasteiger partial charge on any atom is 0.325 e. The van der Waals surface area contributed by atoms with E-state index in [4.69, 9.17) is 9.84 Å². The average molecular weight is 447 g/mol. The van der Waals surface area contributed by atoms with E-state index in [0.29, 0.717) is 16.9 Å². The first kappa shape index (κ1) is 21.2. The smallest absolute Gasteiger partial charge is 0.325 e. The zero-order valence-corrected chi connectivity index (χ0v) is 16.8. The molecule has 0 saturated carbocycles. The maximum absolute atomic E-state index is 12.5. The van der Waals surface area contributed by atoms with Crippen LogP contribution >= 0.6 is 15.9 Å². The summed E-state index contributed by atoms with van der Waals surface area (Å²) in [6.07, 6.45) is 1.46. The number of carboxylic acids is 1. The number of carboxylic acid groups (broad SMARTS) is 1. The number of carbonyl (C=O) groups excluding carboxylic acids is 2. The van der Waals surface area contributed by atoms with Crippen LogP contribution in [0, 0.1) is 0 Å². The van der Waals surface area contributed by atoms with E-state index >= 15 is 0 Å². The van der Waals surface area contributed by atoms with Gasteiger partial charge in [-0.25, -0.2) is 0 Å². The Morgan fingerprint density at radius 1 is 1.07 bits per heavy atom. The molecule has 0 unspecified atom stereocenters. The Bertz CT molecular complexity index is 892. The Balaban J connectivity index is 2.29. The van der Waals surface area contributed by atoms with E-state index < -0.39 is 23.8 Å². The van der Waals surface area contributed by atoms with Gasteiger partial charge in [0.1, 0.15) is 17.5 Å². The first-order valence-electron chi connectivity index (χ1n) is 8.26. The second kappa shape index (κ2) is 9.70. The summed E-state index contributed by atoms with van der Waals surface area (Å²) < 4.78 is 5.90. The third-order valence-corrected chi connectivity index (χ3v) is 4.27. The molecule has 0 aliphatic heterocycles. The molecule has 2 rings (SSSR count). The number of ether oxygens (including phenoxy) is 1. The summed E-state index contributed by atoms with van der Waals surface area (Å²) in [4.78, 5) is 36.0. The zero-order chi connectivity index (χ0) is 20.7. The summed E-state index contributed by atoms with van der Waals surface area (Å²) in [5.41, 5.74) is 0.902. The third-order valence-electron chi connectivity index (χ3n) is 3.74. The fourth-order valence-corrected chi connectivity index (χ4v) is 2.42. The monoisotopic (exact) mass is 446 g/mol. The van der Waals surface area contributed by atoms with Crippen LogP contribution in [0.4, 0.5) is 0 Å². The van der Waals surface area contributed by atoms with Crippen LogP contribution in [0.15, 0.2) is 58.7 Å². The lowest BCUT2D eigenvalue weighted by atomic mass is 10.1. The third kappa shape index (κ3) is 5.95. The second-order valence-electron chi connectivity index (χ2n) is 5.83. The topological polar surface area (TPSA) is 105 Å². The van der Waals surface area contributed by atoms with E-state index in [2.05, 4.69) is 26.6 Å². The molecule has 0 spiro atoms. The van der Waals surface area contributed by atoms with E-state index in [1.807, 2.05) is 0 Å². The number of carbonyl (C=O) groups is 3. The van der Waals surface area contributed by atoms with Crippen molar-refractivity contribution in [1.29, 1.82) is 0 Å². The molecule has 2 aromatic rings. The van der Waals surface area contributed by atoms with Crippen molar-refractivity contribution >= 4 is 39.8 Å². The summed E-state index contributed by atoms with van der Waals surface area (Å²) in [7, 11) is 1.54. The second-order valence-corrected chi connectivity index (χ2v) is 6.74. The van der Waals surface area contributed by atoms with Gasteiger partial charge in [-0.2, -0.15) is 0 Å². The Morgan fingerprint density at radius 3 is 2.21 bits per heavy atom. The van der Waals surface area contributed by atoms with Gasteiger partial charge >= 0.3 is 5.97 Å². The molecule has 0 aliphatic rings. The van der Waals surface area contributed by atoms with Gasteiger partial charge in [0.15, 0.2) is 0 Å². The van der Waals surface area contributed by atoms with Gasteiger partial charge in [0.2, 0.25) is 0 Å². The molecule has 28 heavy (non-hydrogen) atoms. The van der Waals surface area contributed by atoms with Gasteiger partial charge < -0.3 is 20.5 Å². The molecule has 8 heteroatoms. The number of nitrogens with one attached hydrogen (secondary N) is 2. The minimum Gasteiger partial charge on any atom is -0.497 e. The highest BCUT2D eigenvalue weighted by Crippen LogP contribution is 2.15. The number of hydrogen-bond donors (Lipinski definition) is 3. The van der Waals surface area contributed by atoms with Gasteiger partial charge in [-0.05, 0) is 55.0 Å². The summed E-state index contributed by atoms with van der Waals surface area (Å²) in [6, 6.07) is 12.3. The van der Waals surface area contributed by atoms with Gasteiger partial charge in [-0.1, -0.05) is 28.1 Å². The van der Waals surface area contributed by atoms with E-state index in [1.165, 1.54) is 20.1 Å². The molecule has 7 nitrogen and oxygen atoms in total. The summed E-state index contributed by atoms with van der Waals surface area (Å²) in [5, 5.41) is 13.9. The molecular formula is C20H19BrN2O5. The average Bonchev–Trinajstić information content (AvgIpc) is 2.68. The Labute approximate surface area is 170 Å². The Hall–Kier alpha value is -3.13. The standard InChI is InChI=1S/C20H19BrN2O5/c1-12(20(26)27)22-19(25)17(11-13-3-9-16(28-2)10-4-13)23-18(24)14-5-7-15(21)8-6-14/h3-12H,1-2H3,(H,22,25)(H,23,24)(H,26,27)/b17-11-/t12-/m1/s1. The lowest BCUT2D eigenvalue weighted by Crippen LogP contribution is -2.42. The number of amides is 2. The molecule has 0 fully saturated rings. The summed E-state index contributed by atoms with van der Waals surface area (Å²) in [5.74, 6) is -1.75. The van der Waals surface area contributed by atoms with Gasteiger partial charge in [-0.15, -0.1) is 0 Å². The largest absolute Gasteiger partial charge is 0.497 e. The van der Waals surface area contributed by atoms with Gasteiger partial charge in [0, 0.05) is 10.0 Å². The predicted molar refractivity (Wildman–Crippen MR) is 108 cm³/mol. The van der Waals surface area contributed by atoms with Crippen LogP contribution in [-0.2, 0) is 9.59 Å². The maximum atomic E-state index is 12.5. The Kier molecular flexibility index (Phi) is 7.34. The molecule has 0 heterocycles. The van der Waals surface area contributed by atoms with Crippen molar-refractivity contribution in [2.75, 3.05) is 7.11 Å². The van der Waals surface area contributed by atoms with Crippen molar-refractivity contribution in [3.05, 3.63) is 69.8 Å². The lowest BCUT2D eigenvalue weighted by Gasteiger charge is -2.13. The molecule has 146 valence electrons. The van der Waals surface area contributed by atoms with Crippen molar-refractivity contribution in [3.8, 4) is 5.75 Å². The molecule has 0 aromatic heterocycles. The van der Waals surface area contributed by atoms with Crippen LogP contribution in [0.25, 0.3) is 6.08 Å². The minimum atomic E-state index is -1.18. The number of aliphatic carboxylic acids is 1. The lowest BCUT2D eigenvalue weighted by molar-refractivity contribution is -0.140. The number of methoxy groups -OCH3 is 1. The van der Waals surface area contributed by atoms with Crippen molar-refractivity contribution in [1.82, 2.24) is 10.6 Å². The van der Waals surface area contributed by atoms with Crippen LogP contribution in [0.3, 0.4) is 0 Å². The van der Waals surface area contributed by atoms with Crippen LogP contribution in [0.2, 0.25) is 0 Å². The van der Waals surface area contributed by atoms with E-state index in [0.717, 1.165) is 4.47 Å². The van der Waals surface area contributed by atoms with E-state index in [1.54, 1.807) is 48.5 Å².